The van der Waals surface area contributed by atoms with Crippen LogP contribution in [0.1, 0.15) is 70.6 Å². The molecule has 0 aliphatic heterocycles. The molecule has 0 unspecified atom stereocenters. The molecular weight excluding hydrogens is 254 g/mol. The van der Waals surface area contributed by atoms with Gasteiger partial charge in [-0.2, -0.15) is 0 Å². The average Bonchev–Trinajstić information content (AvgIpc) is 2.18. The van der Waals surface area contributed by atoms with Crippen LogP contribution in [-0.4, -0.2) is 11.1 Å². The summed E-state index contributed by atoms with van der Waals surface area (Å²) in [4.78, 5) is 11.0. The van der Waals surface area contributed by atoms with Gasteiger partial charge in [-0.25, -0.2) is 0 Å². The van der Waals surface area contributed by atoms with Gasteiger partial charge in [0.1, 0.15) is 0 Å². The number of carboxylic acids is 1. The molecule has 1 saturated carbocycles. The van der Waals surface area contributed by atoms with Gasteiger partial charge in [0, 0.05) is 19.5 Å². The molecule has 0 saturated heterocycles. The normalized spacial score (nSPS) is 21.2. The van der Waals surface area contributed by atoms with E-state index in [9.17, 15) is 4.79 Å². The van der Waals surface area contributed by atoms with Crippen molar-refractivity contribution in [3.63, 3.8) is 0 Å². The molecule has 3 heteroatoms. The van der Waals surface area contributed by atoms with Gasteiger partial charge in [-0.1, -0.05) is 57.8 Å². The molecule has 0 bridgehead atoms. The monoisotopic (exact) mass is 276 g/mol. The zero-order chi connectivity index (χ0) is 10.9. The second-order valence-electron chi connectivity index (χ2n) is 4.79. The van der Waals surface area contributed by atoms with E-state index in [1.807, 2.05) is 0 Å². The van der Waals surface area contributed by atoms with Crippen LogP contribution in [0.15, 0.2) is 0 Å². The smallest absolute Gasteiger partial charge is 0.306 e. The number of aliphatic carboxylic acids is 1. The molecule has 2 nitrogen and oxygen atoms in total. The van der Waals surface area contributed by atoms with Gasteiger partial charge in [-0.05, 0) is 12.8 Å². The summed E-state index contributed by atoms with van der Waals surface area (Å²) in [7, 11) is 0. The first-order chi connectivity index (χ1) is 7.30. The molecule has 1 N–H and O–H groups in total. The molecule has 0 aromatic rings. The SMILES string of the molecule is O=C(O)C1CCCCCCCCCCC1.[Zn]. The Morgan fingerprint density at radius 2 is 1.06 bits per heavy atom. The Bertz CT molecular complexity index is 171. The average molecular weight is 278 g/mol. The van der Waals surface area contributed by atoms with E-state index >= 15 is 0 Å². The van der Waals surface area contributed by atoms with Crippen molar-refractivity contribution in [3.05, 3.63) is 0 Å². The number of carbonyl (C=O) groups is 1. The summed E-state index contributed by atoms with van der Waals surface area (Å²) in [6.07, 6.45) is 13.1. The molecule has 0 spiro atoms. The minimum Gasteiger partial charge on any atom is -0.481 e. The number of rotatable bonds is 1. The molecule has 1 aliphatic rings. The van der Waals surface area contributed by atoms with Crippen LogP contribution in [0.4, 0.5) is 0 Å². The van der Waals surface area contributed by atoms with Crippen LogP contribution in [0.25, 0.3) is 0 Å². The topological polar surface area (TPSA) is 37.3 Å². The first-order valence-corrected chi connectivity index (χ1v) is 6.53. The van der Waals surface area contributed by atoms with E-state index < -0.39 is 5.97 Å². The third-order valence-corrected chi connectivity index (χ3v) is 3.45. The van der Waals surface area contributed by atoms with Crippen LogP contribution < -0.4 is 0 Å². The second-order valence-corrected chi connectivity index (χ2v) is 4.79. The Hall–Kier alpha value is 0.0934. The van der Waals surface area contributed by atoms with E-state index in [1.165, 1.54) is 44.9 Å². The van der Waals surface area contributed by atoms with E-state index in [4.69, 9.17) is 5.11 Å². The van der Waals surface area contributed by atoms with Crippen molar-refractivity contribution >= 4 is 5.97 Å². The Morgan fingerprint density at radius 3 is 1.38 bits per heavy atom. The maximum Gasteiger partial charge on any atom is 0.306 e. The number of carboxylic acid groups (broad SMARTS) is 1. The molecule has 0 atom stereocenters. The minimum atomic E-state index is -0.577. The number of hydrogen-bond donors (Lipinski definition) is 1. The van der Waals surface area contributed by atoms with Crippen molar-refractivity contribution in [3.8, 4) is 0 Å². The molecule has 0 amide bonds. The van der Waals surface area contributed by atoms with Crippen molar-refractivity contribution in [2.75, 3.05) is 0 Å². The molecule has 1 rings (SSSR count). The molecule has 0 radical (unpaired) electrons. The van der Waals surface area contributed by atoms with Crippen molar-refractivity contribution < 1.29 is 29.4 Å². The zero-order valence-corrected chi connectivity index (χ0v) is 13.4. The first-order valence-electron chi connectivity index (χ1n) is 6.53. The van der Waals surface area contributed by atoms with E-state index in [1.54, 1.807) is 0 Å². The van der Waals surface area contributed by atoms with Crippen LogP contribution in [0, 0.1) is 5.92 Å². The Morgan fingerprint density at radius 1 is 0.750 bits per heavy atom. The van der Waals surface area contributed by atoms with E-state index in [2.05, 4.69) is 0 Å². The molecule has 1 aliphatic carbocycles. The van der Waals surface area contributed by atoms with E-state index in [0.29, 0.717) is 0 Å². The van der Waals surface area contributed by atoms with Gasteiger partial charge < -0.3 is 5.11 Å². The third kappa shape index (κ3) is 7.38. The summed E-state index contributed by atoms with van der Waals surface area (Å²) >= 11 is 0. The van der Waals surface area contributed by atoms with Crippen LogP contribution in [0.5, 0.6) is 0 Å². The Labute approximate surface area is 112 Å². The fourth-order valence-corrected chi connectivity index (χ4v) is 2.41. The summed E-state index contributed by atoms with van der Waals surface area (Å²) in [5.41, 5.74) is 0. The van der Waals surface area contributed by atoms with Gasteiger partial charge in [0.15, 0.2) is 0 Å². The summed E-state index contributed by atoms with van der Waals surface area (Å²) in [5, 5.41) is 9.04. The summed E-state index contributed by atoms with van der Waals surface area (Å²) in [6.45, 7) is 0. The quantitative estimate of drug-likeness (QED) is 0.736. The van der Waals surface area contributed by atoms with Crippen LogP contribution in [0.3, 0.4) is 0 Å². The Balaban J connectivity index is 0.00000225. The maximum atomic E-state index is 11.0. The zero-order valence-electron chi connectivity index (χ0n) is 10.4. The van der Waals surface area contributed by atoms with Crippen molar-refractivity contribution in [1.29, 1.82) is 0 Å². The Kier molecular flexibility index (Phi) is 10.3. The molecule has 16 heavy (non-hydrogen) atoms. The van der Waals surface area contributed by atoms with Gasteiger partial charge in [0.05, 0.1) is 5.92 Å². The van der Waals surface area contributed by atoms with Crippen LogP contribution in [0.2, 0.25) is 0 Å². The molecule has 0 aromatic heterocycles. The standard InChI is InChI=1S/C13H24O2.Zn/c14-13(15)12-10-8-6-4-2-1-3-5-7-9-11-12;/h12H,1-11H2,(H,14,15);. The van der Waals surface area contributed by atoms with E-state index in [0.717, 1.165) is 25.7 Å². The van der Waals surface area contributed by atoms with Crippen LogP contribution in [-0.2, 0) is 24.3 Å². The van der Waals surface area contributed by atoms with Gasteiger partial charge in [-0.15, -0.1) is 0 Å². The fraction of sp³-hybridized carbons (Fsp3) is 0.923. The minimum absolute atomic E-state index is 0. The molecular formula is C13H24O2Zn. The van der Waals surface area contributed by atoms with Crippen molar-refractivity contribution in [2.24, 2.45) is 5.92 Å². The largest absolute Gasteiger partial charge is 0.481 e. The second kappa shape index (κ2) is 10.3. The van der Waals surface area contributed by atoms with Gasteiger partial charge in [-0.3, -0.25) is 4.79 Å². The molecule has 0 aromatic carbocycles. The van der Waals surface area contributed by atoms with Crippen molar-refractivity contribution in [1.82, 2.24) is 0 Å². The molecule has 90 valence electrons. The van der Waals surface area contributed by atoms with Gasteiger partial charge >= 0.3 is 5.97 Å². The summed E-state index contributed by atoms with van der Waals surface area (Å²) < 4.78 is 0. The van der Waals surface area contributed by atoms with Gasteiger partial charge in [0.25, 0.3) is 0 Å². The predicted molar refractivity (Wildman–Crippen MR) is 61.9 cm³/mol. The maximum absolute atomic E-state index is 11.0. The number of hydrogen-bond acceptors (Lipinski definition) is 1. The third-order valence-electron chi connectivity index (χ3n) is 3.45. The summed E-state index contributed by atoms with van der Waals surface area (Å²) in [6, 6.07) is 0. The predicted octanol–water partition coefficient (Wildman–Crippen LogP) is 3.99. The molecule has 1 fully saturated rings. The molecule has 0 heterocycles. The first kappa shape index (κ1) is 16.1. The summed E-state index contributed by atoms with van der Waals surface area (Å²) in [5.74, 6) is -0.642. The van der Waals surface area contributed by atoms with Crippen LogP contribution >= 0.6 is 0 Å². The van der Waals surface area contributed by atoms with Crippen molar-refractivity contribution in [2.45, 2.75) is 70.6 Å². The fourth-order valence-electron chi connectivity index (χ4n) is 2.41. The van der Waals surface area contributed by atoms with E-state index in [-0.39, 0.29) is 25.4 Å². The van der Waals surface area contributed by atoms with Gasteiger partial charge in [0.2, 0.25) is 0 Å².